The maximum Gasteiger partial charge on any atom is 0.281 e. The summed E-state index contributed by atoms with van der Waals surface area (Å²) >= 11 is 0. The van der Waals surface area contributed by atoms with E-state index in [0.29, 0.717) is 13.0 Å². The van der Waals surface area contributed by atoms with Gasteiger partial charge in [-0.25, -0.2) is 0 Å². The van der Waals surface area contributed by atoms with Gasteiger partial charge in [0.05, 0.1) is 0 Å². The Morgan fingerprint density at radius 1 is 1.06 bits per heavy atom. The van der Waals surface area contributed by atoms with Crippen molar-refractivity contribution in [1.82, 2.24) is 5.32 Å². The molecule has 0 radical (unpaired) electrons. The first-order valence-electron chi connectivity index (χ1n) is 6.22. The fourth-order valence-corrected chi connectivity index (χ4v) is 2.38. The molecule has 2 N–H and O–H groups in total. The molecule has 16 heavy (non-hydrogen) atoms. The summed E-state index contributed by atoms with van der Waals surface area (Å²) in [5.74, 6) is 0. The molecule has 0 aromatic rings. The van der Waals surface area contributed by atoms with Crippen LogP contribution < -0.4 is 5.32 Å². The van der Waals surface area contributed by atoms with E-state index in [2.05, 4.69) is 12.2 Å². The summed E-state index contributed by atoms with van der Waals surface area (Å²) in [6.07, 6.45) is 7.46. The highest BCUT2D eigenvalue weighted by molar-refractivity contribution is 7.86. The quantitative estimate of drug-likeness (QED) is 0.462. The first-order valence-corrected chi connectivity index (χ1v) is 7.72. The third kappa shape index (κ3) is 8.07. The molecule has 0 amide bonds. The van der Waals surface area contributed by atoms with E-state index in [9.17, 15) is 8.42 Å². The minimum atomic E-state index is -3.93. The van der Waals surface area contributed by atoms with E-state index >= 15 is 0 Å². The minimum Gasteiger partial charge on any atom is -0.299 e. The lowest BCUT2D eigenvalue weighted by atomic mass is 10.1. The van der Waals surface area contributed by atoms with Gasteiger partial charge in [-0.15, -0.1) is 0 Å². The fourth-order valence-electron chi connectivity index (χ4n) is 1.63. The van der Waals surface area contributed by atoms with Crippen LogP contribution in [0.1, 0.15) is 58.8 Å². The Hall–Kier alpha value is -0.130. The van der Waals surface area contributed by atoms with Crippen LogP contribution in [0.5, 0.6) is 0 Å². The van der Waals surface area contributed by atoms with Crippen molar-refractivity contribution in [3.05, 3.63) is 0 Å². The number of nitrogens with one attached hydrogen (secondary N) is 1. The van der Waals surface area contributed by atoms with Crippen LogP contribution in [0.3, 0.4) is 0 Å². The van der Waals surface area contributed by atoms with Gasteiger partial charge >= 0.3 is 0 Å². The molecule has 4 nitrogen and oxygen atoms in total. The van der Waals surface area contributed by atoms with Gasteiger partial charge in [0.2, 0.25) is 0 Å². The average Bonchev–Trinajstić information content (AvgIpc) is 2.20. The first kappa shape index (κ1) is 15.9. The van der Waals surface area contributed by atoms with Gasteiger partial charge in [-0.1, -0.05) is 46.0 Å². The summed E-state index contributed by atoms with van der Waals surface area (Å²) in [5, 5.41) is 2.06. The van der Waals surface area contributed by atoms with Crippen LogP contribution in [0.4, 0.5) is 0 Å². The van der Waals surface area contributed by atoms with Crippen LogP contribution in [0, 0.1) is 0 Å². The minimum absolute atomic E-state index is 0.397. The molecule has 0 saturated carbocycles. The lowest BCUT2D eigenvalue weighted by molar-refractivity contribution is 0.442. The Morgan fingerprint density at radius 2 is 1.62 bits per heavy atom. The molecule has 0 saturated heterocycles. The molecular weight excluding hydrogens is 226 g/mol. The van der Waals surface area contributed by atoms with Crippen molar-refractivity contribution in [3.8, 4) is 0 Å². The molecule has 98 valence electrons. The molecular formula is C11H25NO3S. The van der Waals surface area contributed by atoms with Gasteiger partial charge in [0, 0.05) is 0 Å². The van der Waals surface area contributed by atoms with E-state index in [0.717, 1.165) is 12.8 Å². The third-order valence-corrected chi connectivity index (χ3v) is 3.85. The summed E-state index contributed by atoms with van der Waals surface area (Å²) in [7, 11) is -3.93. The Morgan fingerprint density at radius 3 is 2.12 bits per heavy atom. The van der Waals surface area contributed by atoms with E-state index in [4.69, 9.17) is 4.55 Å². The molecule has 0 fully saturated rings. The summed E-state index contributed by atoms with van der Waals surface area (Å²) < 4.78 is 30.6. The second-order valence-electron chi connectivity index (χ2n) is 4.13. The predicted octanol–water partition coefficient (Wildman–Crippen LogP) is 2.56. The standard InChI is InChI=1S/C11H25NO3S/c1-3-5-6-7-8-9-10-12-11(4-2)16(13,14)15/h11-12H,3-10H2,1-2H3,(H,13,14,15). The van der Waals surface area contributed by atoms with E-state index < -0.39 is 15.5 Å². The van der Waals surface area contributed by atoms with Crippen molar-refractivity contribution >= 4 is 10.1 Å². The van der Waals surface area contributed by atoms with Crippen LogP contribution in [0.2, 0.25) is 0 Å². The van der Waals surface area contributed by atoms with Crippen molar-refractivity contribution in [2.24, 2.45) is 0 Å². The molecule has 1 atom stereocenters. The number of hydrogen-bond acceptors (Lipinski definition) is 3. The van der Waals surface area contributed by atoms with Gasteiger partial charge in [0.25, 0.3) is 10.1 Å². The molecule has 0 spiro atoms. The zero-order valence-electron chi connectivity index (χ0n) is 10.4. The number of unbranched alkanes of at least 4 members (excludes halogenated alkanes) is 5. The van der Waals surface area contributed by atoms with Gasteiger partial charge in [-0.05, 0) is 19.4 Å². The smallest absolute Gasteiger partial charge is 0.281 e. The average molecular weight is 251 g/mol. The van der Waals surface area contributed by atoms with Crippen LogP contribution in [0.25, 0.3) is 0 Å². The Bertz CT molecular complexity index is 252. The largest absolute Gasteiger partial charge is 0.299 e. The molecule has 1 unspecified atom stereocenters. The SMILES string of the molecule is CCCCCCCCNC(CC)S(=O)(=O)O. The van der Waals surface area contributed by atoms with Crippen LogP contribution in [0.15, 0.2) is 0 Å². The maximum atomic E-state index is 10.9. The predicted molar refractivity (Wildman–Crippen MR) is 67.0 cm³/mol. The zero-order valence-corrected chi connectivity index (χ0v) is 11.2. The Labute approximate surface area is 99.6 Å². The Balaban J connectivity index is 3.50. The van der Waals surface area contributed by atoms with E-state index in [1.165, 1.54) is 25.7 Å². The summed E-state index contributed by atoms with van der Waals surface area (Å²) in [4.78, 5) is 0. The molecule has 0 bridgehead atoms. The van der Waals surface area contributed by atoms with E-state index in [-0.39, 0.29) is 0 Å². The van der Waals surface area contributed by atoms with E-state index in [1.807, 2.05) is 0 Å². The fraction of sp³-hybridized carbons (Fsp3) is 1.00. The molecule has 0 aromatic carbocycles. The van der Waals surface area contributed by atoms with E-state index in [1.54, 1.807) is 6.92 Å². The lowest BCUT2D eigenvalue weighted by Crippen LogP contribution is -2.36. The van der Waals surface area contributed by atoms with Crippen molar-refractivity contribution in [3.63, 3.8) is 0 Å². The normalized spacial score (nSPS) is 13.9. The van der Waals surface area contributed by atoms with Crippen molar-refractivity contribution in [1.29, 1.82) is 0 Å². The van der Waals surface area contributed by atoms with Crippen LogP contribution >= 0.6 is 0 Å². The number of hydrogen-bond donors (Lipinski definition) is 2. The molecule has 0 aliphatic rings. The summed E-state index contributed by atoms with van der Waals surface area (Å²) in [6, 6.07) is 0. The van der Waals surface area contributed by atoms with Crippen molar-refractivity contribution < 1.29 is 13.0 Å². The van der Waals surface area contributed by atoms with Crippen LogP contribution in [-0.2, 0) is 10.1 Å². The highest BCUT2D eigenvalue weighted by Crippen LogP contribution is 2.05. The first-order chi connectivity index (χ1) is 7.52. The third-order valence-electron chi connectivity index (χ3n) is 2.63. The molecule has 5 heteroatoms. The second-order valence-corrected chi connectivity index (χ2v) is 5.73. The summed E-state index contributed by atoms with van der Waals surface area (Å²) in [5.41, 5.74) is 0. The zero-order chi connectivity index (χ0) is 12.4. The van der Waals surface area contributed by atoms with Gasteiger partial charge in [-0.2, -0.15) is 8.42 Å². The lowest BCUT2D eigenvalue weighted by Gasteiger charge is -2.13. The summed E-state index contributed by atoms with van der Waals surface area (Å²) in [6.45, 7) is 4.58. The number of rotatable bonds is 10. The highest BCUT2D eigenvalue weighted by Gasteiger charge is 2.19. The second kappa shape index (κ2) is 8.96. The topological polar surface area (TPSA) is 66.4 Å². The van der Waals surface area contributed by atoms with Gasteiger partial charge in [-0.3, -0.25) is 9.87 Å². The molecule has 0 aliphatic carbocycles. The molecule has 0 heterocycles. The maximum absolute atomic E-state index is 10.9. The van der Waals surface area contributed by atoms with Crippen LogP contribution in [-0.4, -0.2) is 24.9 Å². The van der Waals surface area contributed by atoms with Gasteiger partial charge in [0.1, 0.15) is 5.37 Å². The van der Waals surface area contributed by atoms with Crippen molar-refractivity contribution in [2.75, 3.05) is 6.54 Å². The molecule has 0 rings (SSSR count). The monoisotopic (exact) mass is 251 g/mol. The molecule has 0 aliphatic heterocycles. The molecule has 0 aromatic heterocycles. The van der Waals surface area contributed by atoms with Crippen molar-refractivity contribution in [2.45, 2.75) is 64.2 Å². The van der Waals surface area contributed by atoms with Gasteiger partial charge in [0.15, 0.2) is 0 Å². The Kier molecular flexibility index (Phi) is 8.89. The highest BCUT2D eigenvalue weighted by atomic mass is 32.2. The van der Waals surface area contributed by atoms with Gasteiger partial charge < -0.3 is 0 Å².